The summed E-state index contributed by atoms with van der Waals surface area (Å²) < 4.78 is 5.14. The highest BCUT2D eigenvalue weighted by atomic mass is 32.2. The van der Waals surface area contributed by atoms with Crippen molar-refractivity contribution in [1.82, 2.24) is 9.80 Å². The van der Waals surface area contributed by atoms with Gasteiger partial charge in [0.15, 0.2) is 0 Å². The molecule has 2 aliphatic heterocycles. The summed E-state index contributed by atoms with van der Waals surface area (Å²) in [6.07, 6.45) is 0.146. The second-order valence-electron chi connectivity index (χ2n) is 6.88. The van der Waals surface area contributed by atoms with Crippen LogP contribution in [0.25, 0.3) is 0 Å². The lowest BCUT2D eigenvalue weighted by Gasteiger charge is -2.36. The molecule has 0 bridgehead atoms. The van der Waals surface area contributed by atoms with Gasteiger partial charge in [0.1, 0.15) is 5.75 Å². The third-order valence-electron chi connectivity index (χ3n) is 5.02. The fraction of sp³-hybridized carbons (Fsp3) is 0.526. The first-order valence-electron chi connectivity index (χ1n) is 8.98. The molecule has 1 aromatic carbocycles. The molecule has 2 amide bonds. The van der Waals surface area contributed by atoms with Gasteiger partial charge in [-0.1, -0.05) is 12.1 Å². The Labute approximate surface area is 162 Å². The summed E-state index contributed by atoms with van der Waals surface area (Å²) in [5, 5.41) is 9.10. The van der Waals surface area contributed by atoms with Crippen LogP contribution in [0.5, 0.6) is 5.75 Å². The van der Waals surface area contributed by atoms with Gasteiger partial charge in [0.2, 0.25) is 11.8 Å². The molecule has 3 rings (SSSR count). The molecular weight excluding hydrogens is 368 g/mol. The summed E-state index contributed by atoms with van der Waals surface area (Å²) in [7, 11) is 1.60. The molecule has 146 valence electrons. The maximum absolute atomic E-state index is 12.9. The molecule has 8 heteroatoms. The van der Waals surface area contributed by atoms with Crippen molar-refractivity contribution in [2.75, 3.05) is 31.7 Å². The number of hydrogen-bond acceptors (Lipinski definition) is 5. The number of thioether (sulfide) groups is 1. The van der Waals surface area contributed by atoms with Gasteiger partial charge in [0.05, 0.1) is 25.5 Å². The SMILES string of the molecule is COc1ccc(CN2CC(C(=O)N3CCSCC3CC(=O)O)CC2=O)cc1. The Hall–Kier alpha value is -2.22. The molecule has 0 radical (unpaired) electrons. The van der Waals surface area contributed by atoms with E-state index in [1.165, 1.54) is 0 Å². The first-order chi connectivity index (χ1) is 13.0. The number of rotatable bonds is 6. The summed E-state index contributed by atoms with van der Waals surface area (Å²) in [5.41, 5.74) is 0.982. The van der Waals surface area contributed by atoms with Crippen molar-refractivity contribution >= 4 is 29.5 Å². The van der Waals surface area contributed by atoms with Crippen LogP contribution in [0.2, 0.25) is 0 Å². The number of carbonyl (C=O) groups is 3. The number of methoxy groups -OCH3 is 1. The Morgan fingerprint density at radius 1 is 1.30 bits per heavy atom. The lowest BCUT2D eigenvalue weighted by Crippen LogP contribution is -2.49. The van der Waals surface area contributed by atoms with Crippen molar-refractivity contribution in [2.45, 2.75) is 25.4 Å². The van der Waals surface area contributed by atoms with Gasteiger partial charge < -0.3 is 19.6 Å². The fourth-order valence-electron chi connectivity index (χ4n) is 3.59. The van der Waals surface area contributed by atoms with Gasteiger partial charge >= 0.3 is 5.97 Å². The molecular formula is C19H24N2O5S. The largest absolute Gasteiger partial charge is 0.497 e. The molecule has 1 aromatic rings. The zero-order valence-electron chi connectivity index (χ0n) is 15.3. The first-order valence-corrected chi connectivity index (χ1v) is 10.1. The van der Waals surface area contributed by atoms with Gasteiger partial charge in [-0.3, -0.25) is 14.4 Å². The molecule has 0 aliphatic carbocycles. The second-order valence-corrected chi connectivity index (χ2v) is 8.03. The van der Waals surface area contributed by atoms with Crippen molar-refractivity contribution in [3.63, 3.8) is 0 Å². The number of carboxylic acids is 1. The van der Waals surface area contributed by atoms with Crippen LogP contribution in [0.3, 0.4) is 0 Å². The van der Waals surface area contributed by atoms with Gasteiger partial charge in [-0.25, -0.2) is 0 Å². The van der Waals surface area contributed by atoms with Crippen LogP contribution in [-0.4, -0.2) is 70.4 Å². The quantitative estimate of drug-likeness (QED) is 0.789. The molecule has 2 saturated heterocycles. The molecule has 0 saturated carbocycles. The summed E-state index contributed by atoms with van der Waals surface area (Å²) >= 11 is 1.67. The van der Waals surface area contributed by atoms with Gasteiger partial charge in [-0.05, 0) is 17.7 Å². The maximum atomic E-state index is 12.9. The van der Waals surface area contributed by atoms with Gasteiger partial charge in [-0.2, -0.15) is 11.8 Å². The third kappa shape index (κ3) is 4.74. The van der Waals surface area contributed by atoms with Crippen molar-refractivity contribution < 1.29 is 24.2 Å². The average Bonchev–Trinajstić information content (AvgIpc) is 3.02. The minimum Gasteiger partial charge on any atom is -0.497 e. The van der Waals surface area contributed by atoms with E-state index in [2.05, 4.69) is 0 Å². The molecule has 0 spiro atoms. The zero-order chi connectivity index (χ0) is 19.4. The number of carboxylic acid groups (broad SMARTS) is 1. The predicted octanol–water partition coefficient (Wildman–Crippen LogP) is 1.46. The van der Waals surface area contributed by atoms with Crippen molar-refractivity contribution in [3.8, 4) is 5.75 Å². The monoisotopic (exact) mass is 392 g/mol. The summed E-state index contributed by atoms with van der Waals surface area (Å²) in [4.78, 5) is 39.8. The molecule has 2 atom stereocenters. The van der Waals surface area contributed by atoms with Crippen LogP contribution in [0.1, 0.15) is 18.4 Å². The summed E-state index contributed by atoms with van der Waals surface area (Å²) in [6.45, 7) is 1.39. The van der Waals surface area contributed by atoms with E-state index in [-0.39, 0.29) is 30.7 Å². The van der Waals surface area contributed by atoms with Crippen LogP contribution < -0.4 is 4.74 Å². The smallest absolute Gasteiger partial charge is 0.305 e. The highest BCUT2D eigenvalue weighted by Gasteiger charge is 2.39. The Bertz CT molecular complexity index is 709. The number of ether oxygens (including phenoxy) is 1. The first kappa shape index (κ1) is 19.5. The topological polar surface area (TPSA) is 87.2 Å². The molecule has 0 aromatic heterocycles. The minimum absolute atomic E-state index is 0.0367. The van der Waals surface area contributed by atoms with E-state index in [0.717, 1.165) is 17.1 Å². The maximum Gasteiger partial charge on any atom is 0.305 e. The molecule has 2 aliphatic rings. The van der Waals surface area contributed by atoms with Crippen LogP contribution in [0.4, 0.5) is 0 Å². The fourth-order valence-corrected chi connectivity index (χ4v) is 4.65. The number of hydrogen-bond donors (Lipinski definition) is 1. The average molecular weight is 392 g/mol. The molecule has 2 fully saturated rings. The Morgan fingerprint density at radius 2 is 2.04 bits per heavy atom. The van der Waals surface area contributed by atoms with E-state index in [4.69, 9.17) is 9.84 Å². The number of aliphatic carboxylic acids is 1. The Kier molecular flexibility index (Phi) is 6.26. The molecule has 2 unspecified atom stereocenters. The zero-order valence-corrected chi connectivity index (χ0v) is 16.1. The van der Waals surface area contributed by atoms with Gasteiger partial charge in [0.25, 0.3) is 0 Å². The molecule has 27 heavy (non-hydrogen) atoms. The van der Waals surface area contributed by atoms with Gasteiger partial charge in [0, 0.05) is 37.6 Å². The van der Waals surface area contributed by atoms with Crippen LogP contribution in [0.15, 0.2) is 24.3 Å². The molecule has 7 nitrogen and oxygen atoms in total. The van der Waals surface area contributed by atoms with Crippen LogP contribution >= 0.6 is 11.8 Å². The number of amides is 2. The predicted molar refractivity (Wildman–Crippen MR) is 102 cm³/mol. The highest BCUT2D eigenvalue weighted by Crippen LogP contribution is 2.27. The van der Waals surface area contributed by atoms with Crippen LogP contribution in [0, 0.1) is 5.92 Å². The van der Waals surface area contributed by atoms with E-state index in [1.54, 1.807) is 28.7 Å². The van der Waals surface area contributed by atoms with E-state index in [9.17, 15) is 14.4 Å². The summed E-state index contributed by atoms with van der Waals surface area (Å²) in [5.74, 6) is 0.773. The number of benzene rings is 1. The minimum atomic E-state index is -0.899. The lowest BCUT2D eigenvalue weighted by atomic mass is 10.0. The summed E-state index contributed by atoms with van der Waals surface area (Å²) in [6, 6.07) is 7.22. The Balaban J connectivity index is 1.62. The van der Waals surface area contributed by atoms with E-state index in [0.29, 0.717) is 25.4 Å². The number of carbonyl (C=O) groups excluding carboxylic acids is 2. The van der Waals surface area contributed by atoms with Gasteiger partial charge in [-0.15, -0.1) is 0 Å². The van der Waals surface area contributed by atoms with Crippen molar-refractivity contribution in [1.29, 1.82) is 0 Å². The normalized spacial score (nSPS) is 22.8. The van der Waals surface area contributed by atoms with Crippen LogP contribution in [-0.2, 0) is 20.9 Å². The van der Waals surface area contributed by atoms with E-state index < -0.39 is 11.9 Å². The molecule has 2 heterocycles. The number of likely N-dealkylation sites (tertiary alicyclic amines) is 1. The standard InChI is InChI=1S/C19H24N2O5S/c1-26-16-4-2-13(3-5-16)10-20-11-14(8-17(20)22)19(25)21-6-7-27-12-15(21)9-18(23)24/h2-5,14-15H,6-12H2,1H3,(H,23,24). The molecule has 1 N–H and O–H groups in total. The third-order valence-corrected chi connectivity index (χ3v) is 6.11. The van der Waals surface area contributed by atoms with Crippen molar-refractivity contribution in [3.05, 3.63) is 29.8 Å². The van der Waals surface area contributed by atoms with E-state index in [1.807, 2.05) is 24.3 Å². The van der Waals surface area contributed by atoms with Crippen molar-refractivity contribution in [2.24, 2.45) is 5.92 Å². The highest BCUT2D eigenvalue weighted by molar-refractivity contribution is 7.99. The lowest BCUT2D eigenvalue weighted by molar-refractivity contribution is -0.142. The second kappa shape index (κ2) is 8.65. The number of nitrogens with zero attached hydrogens (tertiary/aromatic N) is 2. The van der Waals surface area contributed by atoms with E-state index >= 15 is 0 Å². The Morgan fingerprint density at radius 3 is 2.70 bits per heavy atom.